The van der Waals surface area contributed by atoms with Crippen LogP contribution in [0, 0.1) is 0 Å². The Kier molecular flexibility index (Phi) is 5.26. The van der Waals surface area contributed by atoms with Crippen LogP contribution in [0.25, 0.3) is 32.9 Å². The average Bonchev–Trinajstić information content (AvgIpc) is 3.51. The smallest absolute Gasteiger partial charge is 0.0713 e. The fourth-order valence-corrected chi connectivity index (χ4v) is 7.69. The molecule has 0 spiro atoms. The van der Waals surface area contributed by atoms with Crippen LogP contribution >= 0.6 is 0 Å². The predicted octanol–water partition coefficient (Wildman–Crippen LogP) is 8.72. The van der Waals surface area contributed by atoms with Crippen molar-refractivity contribution < 1.29 is 0 Å². The Bertz CT molecular complexity index is 1970. The first-order valence-corrected chi connectivity index (χ1v) is 14.5. The van der Waals surface area contributed by atoms with Gasteiger partial charge in [-0.2, -0.15) is 0 Å². The monoisotopic (exact) mass is 528 g/mol. The van der Waals surface area contributed by atoms with E-state index in [9.17, 15) is 0 Å². The Hall–Kier alpha value is -4.66. The predicted molar refractivity (Wildman–Crippen MR) is 171 cm³/mol. The Morgan fingerprint density at radius 2 is 1.32 bits per heavy atom. The summed E-state index contributed by atoms with van der Waals surface area (Å²) in [5.74, 6) is 0. The summed E-state index contributed by atoms with van der Waals surface area (Å²) in [5.41, 5.74) is 17.1. The molecular weight excluding hydrogens is 496 g/mol. The third-order valence-electron chi connectivity index (χ3n) is 9.36. The summed E-state index contributed by atoms with van der Waals surface area (Å²) in [6, 6.07) is 44.9. The zero-order chi connectivity index (χ0) is 27.6. The van der Waals surface area contributed by atoms with Gasteiger partial charge in [0.2, 0.25) is 0 Å². The molecule has 2 heteroatoms. The van der Waals surface area contributed by atoms with Crippen LogP contribution in [0.1, 0.15) is 35.6 Å². The zero-order valence-electron chi connectivity index (χ0n) is 23.2. The molecule has 6 aromatic rings. The first-order chi connectivity index (χ1) is 20.1. The third-order valence-corrected chi connectivity index (χ3v) is 9.36. The summed E-state index contributed by atoms with van der Waals surface area (Å²) in [5, 5.41) is 2.58. The van der Waals surface area contributed by atoms with Crippen LogP contribution in [-0.4, -0.2) is 11.1 Å². The maximum atomic E-state index is 6.14. The van der Waals surface area contributed by atoms with Crippen molar-refractivity contribution in [2.75, 3.05) is 6.54 Å². The van der Waals surface area contributed by atoms with Crippen molar-refractivity contribution in [1.82, 2.24) is 4.57 Å². The number of para-hydroxylation sites is 1. The SMILES string of the molecule is CC1(n2c3ccccc3c3cc4c(cc32)-c2ccccc2C4(c2ccccc2)c2ccccc2)C=C(CN)C=CC1. The van der Waals surface area contributed by atoms with Crippen molar-refractivity contribution in [1.29, 1.82) is 0 Å². The Morgan fingerprint density at radius 3 is 2.05 bits per heavy atom. The molecule has 1 heterocycles. The van der Waals surface area contributed by atoms with E-state index < -0.39 is 5.41 Å². The van der Waals surface area contributed by atoms with Crippen LogP contribution in [0.2, 0.25) is 0 Å². The van der Waals surface area contributed by atoms with E-state index in [1.54, 1.807) is 0 Å². The number of hydrogen-bond acceptors (Lipinski definition) is 1. The summed E-state index contributed by atoms with van der Waals surface area (Å²) in [6.07, 6.45) is 7.76. The van der Waals surface area contributed by atoms with Gasteiger partial charge in [-0.3, -0.25) is 0 Å². The molecule has 1 atom stereocenters. The van der Waals surface area contributed by atoms with Gasteiger partial charge >= 0.3 is 0 Å². The molecular formula is C39H32N2. The third kappa shape index (κ3) is 3.29. The fourth-order valence-electron chi connectivity index (χ4n) is 7.69. The largest absolute Gasteiger partial charge is 0.331 e. The molecule has 0 amide bonds. The first-order valence-electron chi connectivity index (χ1n) is 14.5. The number of rotatable bonds is 4. The molecule has 0 bridgehead atoms. The highest BCUT2D eigenvalue weighted by molar-refractivity contribution is 6.11. The molecule has 0 saturated carbocycles. The molecule has 0 radical (unpaired) electrons. The highest BCUT2D eigenvalue weighted by atomic mass is 15.1. The van der Waals surface area contributed by atoms with Gasteiger partial charge in [-0.25, -0.2) is 0 Å². The zero-order valence-corrected chi connectivity index (χ0v) is 23.2. The molecule has 2 aliphatic rings. The molecule has 0 fully saturated rings. The van der Waals surface area contributed by atoms with Gasteiger partial charge in [0.05, 0.1) is 16.5 Å². The number of fused-ring (bicyclic) bond motifs is 6. The summed E-state index contributed by atoms with van der Waals surface area (Å²) in [6.45, 7) is 2.89. The molecule has 2 aliphatic carbocycles. The van der Waals surface area contributed by atoms with E-state index >= 15 is 0 Å². The van der Waals surface area contributed by atoms with Crippen LogP contribution in [0.15, 0.2) is 145 Å². The molecule has 2 N–H and O–H groups in total. The minimum Gasteiger partial charge on any atom is -0.331 e. The number of allylic oxidation sites excluding steroid dienone is 2. The molecule has 8 rings (SSSR count). The van der Waals surface area contributed by atoms with E-state index in [1.165, 1.54) is 60.8 Å². The minimum absolute atomic E-state index is 0.215. The van der Waals surface area contributed by atoms with Crippen molar-refractivity contribution in [2.45, 2.75) is 24.3 Å². The summed E-state index contributed by atoms with van der Waals surface area (Å²) in [4.78, 5) is 0. The quantitative estimate of drug-likeness (QED) is 0.243. The van der Waals surface area contributed by atoms with Crippen molar-refractivity contribution >= 4 is 21.8 Å². The minimum atomic E-state index is -0.407. The lowest BCUT2D eigenvalue weighted by Crippen LogP contribution is -2.30. The topological polar surface area (TPSA) is 30.9 Å². The number of benzene rings is 5. The number of nitrogens with zero attached hydrogens (tertiary/aromatic N) is 1. The lowest BCUT2D eigenvalue weighted by molar-refractivity contribution is 0.434. The van der Waals surface area contributed by atoms with E-state index in [4.69, 9.17) is 5.73 Å². The molecule has 0 aliphatic heterocycles. The number of nitrogens with two attached hydrogens (primary N) is 1. The van der Waals surface area contributed by atoms with Crippen LogP contribution in [0.4, 0.5) is 0 Å². The highest BCUT2D eigenvalue weighted by Crippen LogP contribution is 2.57. The fraction of sp³-hybridized carbons (Fsp3) is 0.128. The molecule has 5 aromatic carbocycles. The van der Waals surface area contributed by atoms with Crippen LogP contribution in [-0.2, 0) is 11.0 Å². The van der Waals surface area contributed by atoms with Crippen molar-refractivity contribution in [3.63, 3.8) is 0 Å². The van der Waals surface area contributed by atoms with Crippen LogP contribution in [0.5, 0.6) is 0 Å². The Morgan fingerprint density at radius 1 is 0.659 bits per heavy atom. The van der Waals surface area contributed by atoms with Gasteiger partial charge in [0.1, 0.15) is 0 Å². The second-order valence-electron chi connectivity index (χ2n) is 11.7. The van der Waals surface area contributed by atoms with Crippen LogP contribution in [0.3, 0.4) is 0 Å². The first kappa shape index (κ1) is 24.2. The highest BCUT2D eigenvalue weighted by Gasteiger charge is 2.46. The Labute approximate surface area is 241 Å². The van der Waals surface area contributed by atoms with Gasteiger partial charge in [0.25, 0.3) is 0 Å². The average molecular weight is 529 g/mol. The van der Waals surface area contributed by atoms with Gasteiger partial charge in [-0.15, -0.1) is 0 Å². The van der Waals surface area contributed by atoms with Gasteiger partial charge in [0, 0.05) is 22.8 Å². The van der Waals surface area contributed by atoms with Gasteiger partial charge in [0.15, 0.2) is 0 Å². The molecule has 1 aromatic heterocycles. The van der Waals surface area contributed by atoms with E-state index in [0.717, 1.165) is 6.42 Å². The molecule has 198 valence electrons. The van der Waals surface area contributed by atoms with E-state index in [1.807, 2.05) is 0 Å². The molecule has 0 saturated heterocycles. The van der Waals surface area contributed by atoms with Crippen molar-refractivity contribution in [3.8, 4) is 11.1 Å². The second kappa shape index (κ2) is 8.92. The Balaban J connectivity index is 1.53. The standard InChI is InChI=1S/C39H32N2/c1-38(22-12-13-27(25-38)26-40)41-36-21-11-9-19-31(36)33-23-35-32(24-37(33)41)30-18-8-10-20-34(30)39(35,28-14-4-2-5-15-28)29-16-6-3-7-17-29/h2-21,23-25H,22,26,40H2,1H3. The van der Waals surface area contributed by atoms with E-state index in [2.05, 4.69) is 151 Å². The van der Waals surface area contributed by atoms with Crippen molar-refractivity contribution in [2.24, 2.45) is 5.73 Å². The molecule has 41 heavy (non-hydrogen) atoms. The van der Waals surface area contributed by atoms with Gasteiger partial charge < -0.3 is 10.3 Å². The number of aromatic nitrogens is 1. The number of hydrogen-bond donors (Lipinski definition) is 1. The summed E-state index contributed by atoms with van der Waals surface area (Å²) < 4.78 is 2.56. The van der Waals surface area contributed by atoms with Gasteiger partial charge in [-0.05, 0) is 70.5 Å². The summed E-state index contributed by atoms with van der Waals surface area (Å²) >= 11 is 0. The maximum absolute atomic E-state index is 6.14. The second-order valence-corrected chi connectivity index (χ2v) is 11.7. The molecule has 2 nitrogen and oxygen atoms in total. The van der Waals surface area contributed by atoms with E-state index in [0.29, 0.717) is 6.54 Å². The lowest BCUT2D eigenvalue weighted by atomic mass is 9.67. The lowest BCUT2D eigenvalue weighted by Gasteiger charge is -2.34. The van der Waals surface area contributed by atoms with Crippen LogP contribution < -0.4 is 5.73 Å². The molecule has 1 unspecified atom stereocenters. The summed E-state index contributed by atoms with van der Waals surface area (Å²) in [7, 11) is 0. The normalized spacial score (nSPS) is 18.8. The van der Waals surface area contributed by atoms with E-state index in [-0.39, 0.29) is 5.54 Å². The maximum Gasteiger partial charge on any atom is 0.0713 e. The van der Waals surface area contributed by atoms with Gasteiger partial charge in [-0.1, -0.05) is 121 Å². The van der Waals surface area contributed by atoms with Crippen molar-refractivity contribution in [3.05, 3.63) is 167 Å².